The number of amides is 1. The Balaban J connectivity index is 1.86. The highest BCUT2D eigenvalue weighted by Gasteiger charge is 2.32. The molecule has 1 atom stereocenters. The van der Waals surface area contributed by atoms with E-state index in [1.165, 1.54) is 0 Å². The average Bonchev–Trinajstić information content (AvgIpc) is 3.07. The van der Waals surface area contributed by atoms with Crippen LogP contribution in [-0.2, 0) is 0 Å². The molecule has 1 saturated heterocycles. The van der Waals surface area contributed by atoms with Crippen molar-refractivity contribution in [2.24, 2.45) is 0 Å². The van der Waals surface area contributed by atoms with Gasteiger partial charge in [-0.05, 0) is 42.1 Å². The fourth-order valence-electron chi connectivity index (χ4n) is 2.36. The van der Waals surface area contributed by atoms with Crippen LogP contribution in [0, 0.1) is 0 Å². The number of aromatic nitrogens is 3. The van der Waals surface area contributed by atoms with Crippen molar-refractivity contribution < 1.29 is 4.79 Å². The monoisotopic (exact) mass is 294 g/mol. The van der Waals surface area contributed by atoms with Crippen molar-refractivity contribution in [2.45, 2.75) is 18.9 Å². The fourth-order valence-corrected chi connectivity index (χ4v) is 3.14. The molecule has 19 heavy (non-hydrogen) atoms. The van der Waals surface area contributed by atoms with Crippen molar-refractivity contribution in [3.8, 4) is 0 Å². The van der Waals surface area contributed by atoms with Gasteiger partial charge in [0.05, 0.1) is 6.04 Å². The zero-order valence-electron chi connectivity index (χ0n) is 9.99. The lowest BCUT2D eigenvalue weighted by Gasteiger charge is -2.23. The van der Waals surface area contributed by atoms with Gasteiger partial charge in [0.25, 0.3) is 5.91 Å². The summed E-state index contributed by atoms with van der Waals surface area (Å²) in [6.07, 6.45) is 5.45. The van der Waals surface area contributed by atoms with E-state index >= 15 is 0 Å². The first kappa shape index (κ1) is 12.5. The zero-order chi connectivity index (χ0) is 13.2. The smallest absolute Gasteiger partial charge is 0.285 e. The van der Waals surface area contributed by atoms with Gasteiger partial charge in [-0.25, -0.2) is 0 Å². The van der Waals surface area contributed by atoms with E-state index in [4.69, 9.17) is 11.6 Å². The molecule has 0 aliphatic carbocycles. The topological polar surface area (TPSA) is 59.0 Å². The molecule has 1 aliphatic heterocycles. The van der Waals surface area contributed by atoms with Crippen molar-refractivity contribution in [3.63, 3.8) is 0 Å². The second kappa shape index (κ2) is 5.22. The van der Waals surface area contributed by atoms with E-state index in [0.717, 1.165) is 36.3 Å². The van der Waals surface area contributed by atoms with Crippen LogP contribution >= 0.6 is 22.9 Å². The molecule has 0 bridgehead atoms. The molecule has 0 spiro atoms. The van der Waals surface area contributed by atoms with E-state index in [1.54, 1.807) is 12.4 Å². The summed E-state index contributed by atoms with van der Waals surface area (Å²) in [5.41, 5.74) is 1.11. The maximum absolute atomic E-state index is 12.4. The summed E-state index contributed by atoms with van der Waals surface area (Å²) in [6.45, 7) is 0.739. The Labute approximate surface area is 119 Å². The van der Waals surface area contributed by atoms with Gasteiger partial charge in [0.15, 0.2) is 0 Å². The zero-order valence-corrected chi connectivity index (χ0v) is 11.6. The highest BCUT2D eigenvalue weighted by atomic mass is 35.5. The standard InChI is InChI=1S/C12H11ClN4OS/c13-12-16-15-10(19-12)11(18)17-7-1-2-9(17)8-3-5-14-6-4-8/h3-6,9H,1-2,7H2. The van der Waals surface area contributed by atoms with Gasteiger partial charge in [0, 0.05) is 18.9 Å². The Bertz CT molecular complexity index is 588. The number of hydrogen-bond acceptors (Lipinski definition) is 5. The van der Waals surface area contributed by atoms with Gasteiger partial charge in [0.1, 0.15) is 0 Å². The summed E-state index contributed by atoms with van der Waals surface area (Å²) < 4.78 is 0.294. The maximum Gasteiger partial charge on any atom is 0.285 e. The summed E-state index contributed by atoms with van der Waals surface area (Å²) in [4.78, 5) is 18.3. The summed E-state index contributed by atoms with van der Waals surface area (Å²) in [6, 6.07) is 3.99. The second-order valence-electron chi connectivity index (χ2n) is 4.30. The number of carbonyl (C=O) groups excluding carboxylic acids is 1. The summed E-state index contributed by atoms with van der Waals surface area (Å²) >= 11 is 6.85. The minimum absolute atomic E-state index is 0.0938. The molecule has 2 aromatic rings. The predicted octanol–water partition coefficient (Wildman–Crippen LogP) is 2.56. The van der Waals surface area contributed by atoms with Crippen LogP contribution < -0.4 is 0 Å². The summed E-state index contributed by atoms with van der Waals surface area (Å²) in [7, 11) is 0. The lowest BCUT2D eigenvalue weighted by Crippen LogP contribution is -2.30. The Morgan fingerprint density at radius 2 is 2.16 bits per heavy atom. The van der Waals surface area contributed by atoms with Crippen LogP contribution in [0.1, 0.15) is 34.2 Å². The molecule has 3 rings (SSSR count). The van der Waals surface area contributed by atoms with Crippen molar-refractivity contribution >= 4 is 28.8 Å². The lowest BCUT2D eigenvalue weighted by molar-refractivity contribution is 0.0734. The molecule has 1 fully saturated rings. The summed E-state index contributed by atoms with van der Waals surface area (Å²) in [5, 5.41) is 7.86. The first-order valence-electron chi connectivity index (χ1n) is 5.95. The molecule has 98 valence electrons. The normalized spacial score (nSPS) is 18.8. The quantitative estimate of drug-likeness (QED) is 0.854. The average molecular weight is 295 g/mol. The van der Waals surface area contributed by atoms with Crippen LogP contribution in [0.5, 0.6) is 0 Å². The molecule has 2 aromatic heterocycles. The van der Waals surface area contributed by atoms with Gasteiger partial charge < -0.3 is 4.90 Å². The number of carbonyl (C=O) groups is 1. The van der Waals surface area contributed by atoms with Crippen LogP contribution in [0.3, 0.4) is 0 Å². The van der Waals surface area contributed by atoms with E-state index < -0.39 is 0 Å². The SMILES string of the molecule is O=C(c1nnc(Cl)s1)N1CCCC1c1ccncc1. The number of nitrogens with zero attached hydrogens (tertiary/aromatic N) is 4. The third kappa shape index (κ3) is 2.46. The number of halogens is 1. The minimum atomic E-state index is -0.0938. The molecule has 7 heteroatoms. The molecule has 1 aliphatic rings. The molecule has 0 radical (unpaired) electrons. The largest absolute Gasteiger partial charge is 0.329 e. The van der Waals surface area contributed by atoms with Gasteiger partial charge in [0.2, 0.25) is 9.47 Å². The molecule has 0 aromatic carbocycles. The van der Waals surface area contributed by atoms with E-state index in [0.29, 0.717) is 9.47 Å². The highest BCUT2D eigenvalue weighted by molar-refractivity contribution is 7.17. The Morgan fingerprint density at radius 3 is 2.84 bits per heavy atom. The molecule has 0 N–H and O–H groups in total. The number of rotatable bonds is 2. The third-order valence-electron chi connectivity index (χ3n) is 3.19. The Morgan fingerprint density at radius 1 is 1.37 bits per heavy atom. The fraction of sp³-hybridized carbons (Fsp3) is 0.333. The molecule has 5 nitrogen and oxygen atoms in total. The first-order chi connectivity index (χ1) is 9.25. The molecular formula is C12H11ClN4OS. The van der Waals surface area contributed by atoms with E-state index in [2.05, 4.69) is 15.2 Å². The van der Waals surface area contributed by atoms with Gasteiger partial charge in [-0.2, -0.15) is 0 Å². The molecule has 0 saturated carbocycles. The maximum atomic E-state index is 12.4. The van der Waals surface area contributed by atoms with Crippen LogP contribution in [0.15, 0.2) is 24.5 Å². The van der Waals surface area contributed by atoms with Crippen LogP contribution in [-0.4, -0.2) is 32.5 Å². The van der Waals surface area contributed by atoms with Gasteiger partial charge in [-0.1, -0.05) is 11.3 Å². The van der Waals surface area contributed by atoms with Gasteiger partial charge in [-0.3, -0.25) is 9.78 Å². The summed E-state index contributed by atoms with van der Waals surface area (Å²) in [5.74, 6) is -0.0938. The van der Waals surface area contributed by atoms with Crippen LogP contribution in [0.25, 0.3) is 0 Å². The first-order valence-corrected chi connectivity index (χ1v) is 7.15. The molecule has 1 unspecified atom stereocenters. The minimum Gasteiger partial charge on any atom is -0.329 e. The van der Waals surface area contributed by atoms with Crippen molar-refractivity contribution in [1.82, 2.24) is 20.1 Å². The lowest BCUT2D eigenvalue weighted by atomic mass is 10.1. The predicted molar refractivity (Wildman–Crippen MR) is 72.2 cm³/mol. The number of hydrogen-bond donors (Lipinski definition) is 0. The van der Waals surface area contributed by atoms with E-state index in [-0.39, 0.29) is 11.9 Å². The third-order valence-corrected chi connectivity index (χ3v) is 4.19. The molecule has 1 amide bonds. The van der Waals surface area contributed by atoms with Crippen molar-refractivity contribution in [2.75, 3.05) is 6.54 Å². The molecular weight excluding hydrogens is 284 g/mol. The Kier molecular flexibility index (Phi) is 3.44. The highest BCUT2D eigenvalue weighted by Crippen LogP contribution is 2.33. The van der Waals surface area contributed by atoms with Gasteiger partial charge >= 0.3 is 0 Å². The van der Waals surface area contributed by atoms with E-state index in [1.807, 2.05) is 17.0 Å². The van der Waals surface area contributed by atoms with Gasteiger partial charge in [-0.15, -0.1) is 10.2 Å². The second-order valence-corrected chi connectivity index (χ2v) is 5.86. The molecule has 3 heterocycles. The van der Waals surface area contributed by atoms with Crippen LogP contribution in [0.2, 0.25) is 4.47 Å². The number of pyridine rings is 1. The Hall–Kier alpha value is -1.53. The van der Waals surface area contributed by atoms with Crippen LogP contribution in [0.4, 0.5) is 0 Å². The van der Waals surface area contributed by atoms with Crippen molar-refractivity contribution in [1.29, 1.82) is 0 Å². The number of likely N-dealkylation sites (tertiary alicyclic amines) is 1. The van der Waals surface area contributed by atoms with E-state index in [9.17, 15) is 4.79 Å². The van der Waals surface area contributed by atoms with Crippen molar-refractivity contribution in [3.05, 3.63) is 39.6 Å².